The van der Waals surface area contributed by atoms with E-state index in [2.05, 4.69) is 4.72 Å². The molecule has 10 heteroatoms. The highest BCUT2D eigenvalue weighted by atomic mass is 32.2. The van der Waals surface area contributed by atoms with E-state index in [4.69, 9.17) is 4.74 Å². The van der Waals surface area contributed by atoms with Crippen LogP contribution in [0.15, 0.2) is 21.7 Å². The van der Waals surface area contributed by atoms with Crippen molar-refractivity contribution in [2.45, 2.75) is 22.7 Å². The highest BCUT2D eigenvalue weighted by Gasteiger charge is 2.38. The van der Waals surface area contributed by atoms with Gasteiger partial charge in [-0.15, -0.1) is 11.3 Å². The van der Waals surface area contributed by atoms with Gasteiger partial charge in [-0.2, -0.15) is 0 Å². The number of nitrogens with one attached hydrogen (secondary N) is 1. The number of nitrogens with zero attached hydrogens (tertiary/aromatic N) is 1. The predicted octanol–water partition coefficient (Wildman–Crippen LogP) is 0.467. The molecule has 0 aliphatic carbocycles. The average molecular weight is 369 g/mol. The summed E-state index contributed by atoms with van der Waals surface area (Å²) in [6.45, 7) is 0.780. The van der Waals surface area contributed by atoms with Gasteiger partial charge in [0.05, 0.1) is 11.9 Å². The van der Waals surface area contributed by atoms with Crippen LogP contribution in [0.3, 0.4) is 0 Å². The van der Waals surface area contributed by atoms with Gasteiger partial charge in [-0.25, -0.2) is 25.9 Å². The molecule has 22 heavy (non-hydrogen) atoms. The maximum atomic E-state index is 12.2. The Morgan fingerprint density at radius 1 is 1.32 bits per heavy atom. The SMILES string of the molecule is COC1(CNS(=O)(=O)c2cccs2)CCN(S(C)(=O)=O)CC1. The largest absolute Gasteiger partial charge is 0.377 e. The van der Waals surface area contributed by atoms with Gasteiger partial charge in [-0.05, 0) is 24.3 Å². The molecule has 0 atom stereocenters. The fourth-order valence-corrected chi connectivity index (χ4v) is 5.39. The lowest BCUT2D eigenvalue weighted by molar-refractivity contribution is -0.0401. The minimum atomic E-state index is -3.55. The van der Waals surface area contributed by atoms with Crippen LogP contribution in [0, 0.1) is 0 Å². The van der Waals surface area contributed by atoms with Crippen molar-refractivity contribution in [3.63, 3.8) is 0 Å². The zero-order valence-electron chi connectivity index (χ0n) is 12.5. The molecule has 0 aromatic carbocycles. The van der Waals surface area contributed by atoms with Gasteiger partial charge in [0.2, 0.25) is 20.0 Å². The van der Waals surface area contributed by atoms with E-state index in [1.165, 1.54) is 17.7 Å². The molecule has 1 aliphatic heterocycles. The fourth-order valence-electron chi connectivity index (χ4n) is 2.39. The number of methoxy groups -OCH3 is 1. The summed E-state index contributed by atoms with van der Waals surface area (Å²) in [7, 11) is -5.25. The lowest BCUT2D eigenvalue weighted by Gasteiger charge is -2.39. The number of sulfonamides is 2. The summed E-state index contributed by atoms with van der Waals surface area (Å²) in [5.41, 5.74) is -0.675. The molecule has 1 N–H and O–H groups in total. The Morgan fingerprint density at radius 2 is 1.95 bits per heavy atom. The number of hydrogen-bond acceptors (Lipinski definition) is 6. The first-order chi connectivity index (χ1) is 10.2. The van der Waals surface area contributed by atoms with Crippen LogP contribution in [-0.2, 0) is 24.8 Å². The van der Waals surface area contributed by atoms with Gasteiger partial charge in [0, 0.05) is 26.7 Å². The third-order valence-corrected chi connectivity index (χ3v) is 7.98. The number of ether oxygens (including phenoxy) is 1. The highest BCUT2D eigenvalue weighted by molar-refractivity contribution is 7.91. The molecule has 126 valence electrons. The van der Waals surface area contributed by atoms with Gasteiger partial charge >= 0.3 is 0 Å². The van der Waals surface area contributed by atoms with Crippen molar-refractivity contribution in [3.05, 3.63) is 17.5 Å². The van der Waals surface area contributed by atoms with E-state index in [0.717, 1.165) is 11.3 Å². The van der Waals surface area contributed by atoms with Gasteiger partial charge in [0.15, 0.2) is 0 Å². The molecule has 0 spiro atoms. The van der Waals surface area contributed by atoms with Crippen molar-refractivity contribution >= 4 is 31.4 Å². The van der Waals surface area contributed by atoms with Gasteiger partial charge in [-0.1, -0.05) is 6.07 Å². The third kappa shape index (κ3) is 4.06. The van der Waals surface area contributed by atoms with E-state index < -0.39 is 25.6 Å². The number of hydrogen-bond donors (Lipinski definition) is 1. The third-order valence-electron chi connectivity index (χ3n) is 3.88. The molecule has 0 bridgehead atoms. The van der Waals surface area contributed by atoms with Crippen molar-refractivity contribution in [1.29, 1.82) is 0 Å². The number of rotatable bonds is 6. The molecular weight excluding hydrogens is 348 g/mol. The maximum absolute atomic E-state index is 12.2. The lowest BCUT2D eigenvalue weighted by Crippen LogP contribution is -2.52. The standard InChI is InChI=1S/C12H20N2O5S3/c1-19-12(5-7-14(8-6-12)21(2,15)16)10-13-22(17,18)11-4-3-9-20-11/h3-4,9,13H,5-8,10H2,1-2H3. The van der Waals surface area contributed by atoms with Crippen molar-refractivity contribution in [3.8, 4) is 0 Å². The Bertz CT molecular complexity index is 689. The number of piperidine rings is 1. The predicted molar refractivity (Wildman–Crippen MR) is 84.9 cm³/mol. The second-order valence-corrected chi connectivity index (χ2v) is 10.2. The summed E-state index contributed by atoms with van der Waals surface area (Å²) in [5.74, 6) is 0. The van der Waals surface area contributed by atoms with Gasteiger partial charge < -0.3 is 4.74 Å². The van der Waals surface area contributed by atoms with Crippen LogP contribution in [0.25, 0.3) is 0 Å². The van der Waals surface area contributed by atoms with Crippen molar-refractivity contribution < 1.29 is 21.6 Å². The van der Waals surface area contributed by atoms with E-state index in [9.17, 15) is 16.8 Å². The second kappa shape index (κ2) is 6.54. The first-order valence-electron chi connectivity index (χ1n) is 6.72. The van der Waals surface area contributed by atoms with E-state index in [1.807, 2.05) is 0 Å². The molecular formula is C12H20N2O5S3. The molecule has 1 aliphatic rings. The molecule has 1 saturated heterocycles. The minimum absolute atomic E-state index is 0.126. The Morgan fingerprint density at radius 3 is 2.41 bits per heavy atom. The molecule has 1 aromatic heterocycles. The Balaban J connectivity index is 2.02. The monoisotopic (exact) mass is 368 g/mol. The van der Waals surface area contributed by atoms with Crippen LogP contribution in [0.4, 0.5) is 0 Å². The van der Waals surface area contributed by atoms with Gasteiger partial charge in [0.1, 0.15) is 4.21 Å². The van der Waals surface area contributed by atoms with Gasteiger partial charge in [0.25, 0.3) is 0 Å². The Labute approximate surface area is 135 Å². The van der Waals surface area contributed by atoms with E-state index in [1.54, 1.807) is 17.5 Å². The first-order valence-corrected chi connectivity index (χ1v) is 10.9. The molecule has 0 amide bonds. The summed E-state index contributed by atoms with van der Waals surface area (Å²) < 4.78 is 57.1. The molecule has 1 fully saturated rings. The lowest BCUT2D eigenvalue weighted by atomic mass is 9.92. The normalized spacial score (nSPS) is 20.1. The van der Waals surface area contributed by atoms with Crippen LogP contribution < -0.4 is 4.72 Å². The Kier molecular flexibility index (Phi) is 5.30. The first kappa shape index (κ1) is 17.8. The molecule has 1 aromatic rings. The van der Waals surface area contributed by atoms with Crippen LogP contribution in [0.1, 0.15) is 12.8 Å². The molecule has 0 unspecified atom stereocenters. The maximum Gasteiger partial charge on any atom is 0.250 e. The molecule has 2 heterocycles. The summed E-state index contributed by atoms with van der Waals surface area (Å²) in [6, 6.07) is 3.22. The van der Waals surface area contributed by atoms with E-state index in [-0.39, 0.29) is 10.8 Å². The van der Waals surface area contributed by atoms with Crippen molar-refractivity contribution in [2.75, 3.05) is 33.0 Å². The second-order valence-electron chi connectivity index (χ2n) is 5.31. The molecule has 7 nitrogen and oxygen atoms in total. The van der Waals surface area contributed by atoms with Crippen molar-refractivity contribution in [1.82, 2.24) is 9.03 Å². The molecule has 0 saturated carbocycles. The van der Waals surface area contributed by atoms with Crippen LogP contribution >= 0.6 is 11.3 Å². The summed E-state index contributed by atoms with van der Waals surface area (Å²) in [5, 5.41) is 1.70. The zero-order valence-corrected chi connectivity index (χ0v) is 14.9. The average Bonchev–Trinajstić information content (AvgIpc) is 3.00. The topological polar surface area (TPSA) is 92.8 Å². The smallest absolute Gasteiger partial charge is 0.250 e. The van der Waals surface area contributed by atoms with Crippen LogP contribution in [-0.4, -0.2) is 59.7 Å². The zero-order chi connectivity index (χ0) is 16.4. The summed E-state index contributed by atoms with van der Waals surface area (Å²) in [6.07, 6.45) is 2.07. The van der Waals surface area contributed by atoms with Crippen LogP contribution in [0.5, 0.6) is 0 Å². The summed E-state index contributed by atoms with van der Waals surface area (Å²) >= 11 is 1.15. The molecule has 2 rings (SSSR count). The van der Waals surface area contributed by atoms with Gasteiger partial charge in [-0.3, -0.25) is 0 Å². The highest BCUT2D eigenvalue weighted by Crippen LogP contribution is 2.27. The summed E-state index contributed by atoms with van der Waals surface area (Å²) in [4.78, 5) is 0. The fraction of sp³-hybridized carbons (Fsp3) is 0.667. The van der Waals surface area contributed by atoms with E-state index in [0.29, 0.717) is 25.9 Å². The van der Waals surface area contributed by atoms with Crippen molar-refractivity contribution in [2.24, 2.45) is 0 Å². The quantitative estimate of drug-likeness (QED) is 0.788. The molecule has 0 radical (unpaired) electrons. The Hall–Kier alpha value is -0.520. The number of thiophene rings is 1. The van der Waals surface area contributed by atoms with Crippen LogP contribution in [0.2, 0.25) is 0 Å². The minimum Gasteiger partial charge on any atom is -0.377 e. The van der Waals surface area contributed by atoms with E-state index >= 15 is 0 Å².